The van der Waals surface area contributed by atoms with E-state index in [1.54, 1.807) is 0 Å². The number of carbonyl (C=O) groups is 1. The first-order chi connectivity index (χ1) is 5.68. The highest BCUT2D eigenvalue weighted by molar-refractivity contribution is 6.28. The van der Waals surface area contributed by atoms with Crippen molar-refractivity contribution in [2.24, 2.45) is 0 Å². The molecular weight excluding hydrogens is 184 g/mol. The zero-order valence-corrected chi connectivity index (χ0v) is 6.91. The van der Waals surface area contributed by atoms with Crippen molar-refractivity contribution in [1.82, 2.24) is 9.97 Å². The molecule has 0 aliphatic rings. The number of nitrogens with zero attached hydrogens (tertiary/aromatic N) is 2. The van der Waals surface area contributed by atoms with E-state index in [-0.39, 0.29) is 11.0 Å². The fraction of sp³-hybridized carbons (Fsp3) is 0.167. The third-order valence-corrected chi connectivity index (χ3v) is 1.05. The summed E-state index contributed by atoms with van der Waals surface area (Å²) >= 11 is 5.39. The second kappa shape index (κ2) is 3.87. The van der Waals surface area contributed by atoms with E-state index < -0.39 is 5.97 Å². The Hall–Kier alpha value is -1.36. The lowest BCUT2D eigenvalue weighted by atomic mass is 10.6. The molecule has 64 valence electrons. The molecule has 1 rings (SSSR count). The number of rotatable bonds is 2. The van der Waals surface area contributed by atoms with Gasteiger partial charge in [0.2, 0.25) is 11.0 Å². The Morgan fingerprint density at radius 3 is 2.58 bits per heavy atom. The number of hydrogen-bond donors (Lipinski definition) is 0. The molecule has 0 saturated heterocycles. The zero-order chi connectivity index (χ0) is 8.97. The Morgan fingerprint density at radius 1 is 1.50 bits per heavy atom. The maximum absolute atomic E-state index is 10.3. The van der Waals surface area contributed by atoms with Crippen molar-refractivity contribution in [1.29, 1.82) is 0 Å². The van der Waals surface area contributed by atoms with E-state index in [9.17, 15) is 4.79 Å². The molecule has 1 aromatic heterocycles. The standard InChI is InChI=1S/C6H5ClN2O3/c1-4(10)11-12-5-2-8-6(7)9-3-5/h2-3H,1H3. The van der Waals surface area contributed by atoms with Crippen molar-refractivity contribution in [3.05, 3.63) is 17.7 Å². The summed E-state index contributed by atoms with van der Waals surface area (Å²) in [6.07, 6.45) is 2.58. The lowest BCUT2D eigenvalue weighted by Gasteiger charge is -1.99. The minimum atomic E-state index is -0.551. The van der Waals surface area contributed by atoms with Gasteiger partial charge in [-0.05, 0) is 11.6 Å². The van der Waals surface area contributed by atoms with E-state index in [2.05, 4.69) is 19.7 Å². The van der Waals surface area contributed by atoms with Crippen molar-refractivity contribution in [3.8, 4) is 5.75 Å². The molecule has 12 heavy (non-hydrogen) atoms. The van der Waals surface area contributed by atoms with Crippen molar-refractivity contribution in [2.75, 3.05) is 0 Å². The molecule has 0 amide bonds. The third kappa shape index (κ3) is 2.71. The summed E-state index contributed by atoms with van der Waals surface area (Å²) in [5.74, 6) is -0.334. The Morgan fingerprint density at radius 2 is 2.08 bits per heavy atom. The molecule has 0 bridgehead atoms. The van der Waals surface area contributed by atoms with Gasteiger partial charge >= 0.3 is 5.97 Å². The van der Waals surface area contributed by atoms with Gasteiger partial charge in [0.15, 0.2) is 0 Å². The fourth-order valence-electron chi connectivity index (χ4n) is 0.450. The van der Waals surface area contributed by atoms with Crippen LogP contribution in [0, 0.1) is 0 Å². The minimum Gasteiger partial charge on any atom is -0.284 e. The highest BCUT2D eigenvalue weighted by Crippen LogP contribution is 2.08. The monoisotopic (exact) mass is 188 g/mol. The summed E-state index contributed by atoms with van der Waals surface area (Å²) in [5.41, 5.74) is 0. The molecule has 0 saturated carbocycles. The van der Waals surface area contributed by atoms with E-state index in [1.165, 1.54) is 19.3 Å². The summed E-state index contributed by atoms with van der Waals surface area (Å²) in [7, 11) is 0. The first-order valence-electron chi connectivity index (χ1n) is 3.01. The summed E-state index contributed by atoms with van der Waals surface area (Å²) in [4.78, 5) is 26.2. The van der Waals surface area contributed by atoms with Gasteiger partial charge in [0, 0.05) is 6.92 Å². The summed E-state index contributed by atoms with van der Waals surface area (Å²) in [6, 6.07) is 0. The maximum Gasteiger partial charge on any atom is 0.352 e. The van der Waals surface area contributed by atoms with Crippen molar-refractivity contribution in [3.63, 3.8) is 0 Å². The van der Waals surface area contributed by atoms with Crippen LogP contribution >= 0.6 is 11.6 Å². The summed E-state index contributed by atoms with van der Waals surface area (Å²) in [6.45, 7) is 1.22. The normalized spacial score (nSPS) is 9.17. The molecule has 0 atom stereocenters. The van der Waals surface area contributed by atoms with Crippen LogP contribution in [0.15, 0.2) is 12.4 Å². The second-order valence-corrected chi connectivity index (χ2v) is 2.18. The van der Waals surface area contributed by atoms with Crippen LogP contribution in [-0.2, 0) is 9.68 Å². The van der Waals surface area contributed by atoms with Crippen molar-refractivity contribution >= 4 is 17.6 Å². The van der Waals surface area contributed by atoms with E-state index >= 15 is 0 Å². The molecule has 5 nitrogen and oxygen atoms in total. The van der Waals surface area contributed by atoms with Crippen molar-refractivity contribution in [2.45, 2.75) is 6.92 Å². The zero-order valence-electron chi connectivity index (χ0n) is 6.15. The predicted octanol–water partition coefficient (Wildman–Crippen LogP) is 0.987. The smallest absolute Gasteiger partial charge is 0.284 e. The quantitative estimate of drug-likeness (QED) is 0.394. The van der Waals surface area contributed by atoms with Gasteiger partial charge in [0.1, 0.15) is 0 Å². The van der Waals surface area contributed by atoms with E-state index in [4.69, 9.17) is 11.6 Å². The molecule has 0 N–H and O–H groups in total. The number of hydrogen-bond acceptors (Lipinski definition) is 5. The van der Waals surface area contributed by atoms with Gasteiger partial charge in [-0.2, -0.15) is 0 Å². The van der Waals surface area contributed by atoms with Crippen LogP contribution in [0.5, 0.6) is 5.75 Å². The average Bonchev–Trinajstić information content (AvgIpc) is 2.03. The number of halogens is 1. The van der Waals surface area contributed by atoms with Gasteiger partial charge in [-0.1, -0.05) is 0 Å². The van der Waals surface area contributed by atoms with Crippen LogP contribution in [0.4, 0.5) is 0 Å². The molecular formula is C6H5ClN2O3. The predicted molar refractivity (Wildman–Crippen MR) is 39.4 cm³/mol. The average molecular weight is 189 g/mol. The van der Waals surface area contributed by atoms with Crippen LogP contribution < -0.4 is 4.89 Å². The van der Waals surface area contributed by atoms with Crippen LogP contribution in [0.2, 0.25) is 5.28 Å². The van der Waals surface area contributed by atoms with E-state index in [0.29, 0.717) is 0 Å². The molecule has 0 spiro atoms. The van der Waals surface area contributed by atoms with E-state index in [0.717, 1.165) is 0 Å². The van der Waals surface area contributed by atoms with Crippen molar-refractivity contribution < 1.29 is 14.6 Å². The molecule has 1 heterocycles. The molecule has 6 heteroatoms. The first-order valence-corrected chi connectivity index (χ1v) is 3.39. The largest absolute Gasteiger partial charge is 0.352 e. The topological polar surface area (TPSA) is 61.3 Å². The van der Waals surface area contributed by atoms with Gasteiger partial charge in [-0.3, -0.25) is 9.78 Å². The minimum absolute atomic E-state index is 0.102. The third-order valence-electron chi connectivity index (χ3n) is 0.852. The lowest BCUT2D eigenvalue weighted by Crippen LogP contribution is -2.03. The van der Waals surface area contributed by atoms with Gasteiger partial charge in [0.05, 0.1) is 12.4 Å². The maximum atomic E-state index is 10.3. The molecule has 0 aromatic carbocycles. The number of carbonyl (C=O) groups excluding carboxylic acids is 1. The summed E-state index contributed by atoms with van der Waals surface area (Å²) in [5, 5.41) is 0.102. The van der Waals surface area contributed by atoms with Gasteiger partial charge < -0.3 is 0 Å². The molecule has 0 aliphatic carbocycles. The molecule has 0 fully saturated rings. The lowest BCUT2D eigenvalue weighted by molar-refractivity contribution is -0.211. The Bertz CT molecular complexity index is 275. The van der Waals surface area contributed by atoms with Gasteiger partial charge in [-0.15, -0.1) is 0 Å². The van der Waals surface area contributed by atoms with Gasteiger partial charge in [0.25, 0.3) is 0 Å². The molecule has 1 aromatic rings. The first kappa shape index (κ1) is 8.73. The molecule has 0 unspecified atom stereocenters. The Kier molecular flexibility index (Phi) is 2.82. The van der Waals surface area contributed by atoms with Crippen LogP contribution in [0.3, 0.4) is 0 Å². The Labute approximate surface area is 73.2 Å². The van der Waals surface area contributed by atoms with Crippen LogP contribution in [0.25, 0.3) is 0 Å². The SMILES string of the molecule is CC(=O)OOc1cnc(Cl)nc1. The Balaban J connectivity index is 2.53. The summed E-state index contributed by atoms with van der Waals surface area (Å²) < 4.78 is 0. The van der Waals surface area contributed by atoms with Crippen LogP contribution in [0.1, 0.15) is 6.92 Å². The molecule has 0 radical (unpaired) electrons. The van der Waals surface area contributed by atoms with E-state index in [1.807, 2.05) is 0 Å². The van der Waals surface area contributed by atoms with Gasteiger partial charge in [-0.25, -0.2) is 14.8 Å². The number of aromatic nitrogens is 2. The fourth-order valence-corrected chi connectivity index (χ4v) is 0.548. The highest BCUT2D eigenvalue weighted by atomic mass is 35.5. The molecule has 0 aliphatic heterocycles. The second-order valence-electron chi connectivity index (χ2n) is 1.85. The highest BCUT2D eigenvalue weighted by Gasteiger charge is 1.98. The van der Waals surface area contributed by atoms with Crippen LogP contribution in [-0.4, -0.2) is 15.9 Å².